The molecule has 0 unspecified atom stereocenters. The van der Waals surface area contributed by atoms with Gasteiger partial charge in [-0.1, -0.05) is 0 Å². The van der Waals surface area contributed by atoms with Gasteiger partial charge in [0.05, 0.1) is 12.0 Å². The number of carbonyl (C=O) groups is 1. The molecule has 2 aromatic heterocycles. The van der Waals surface area contributed by atoms with Gasteiger partial charge in [0.1, 0.15) is 5.76 Å². The molecule has 0 aromatic carbocycles. The lowest BCUT2D eigenvalue weighted by Gasteiger charge is -2.21. The van der Waals surface area contributed by atoms with Gasteiger partial charge in [-0.2, -0.15) is 0 Å². The third-order valence-electron chi connectivity index (χ3n) is 4.70. The van der Waals surface area contributed by atoms with Crippen molar-refractivity contribution in [3.63, 3.8) is 0 Å². The highest BCUT2D eigenvalue weighted by Gasteiger charge is 2.47. The standard InChI is InChI=1S/C17H21N3O2S/c1-12-11-23-17(18-12)20-6-3-5-19(7-8-20)16(21)14-10-13(14)15-4-2-9-22-15/h2,4,9,11,13-14H,3,5-8,10H2,1H3/t13-,14-/m1/s1. The van der Waals surface area contributed by atoms with E-state index in [1.807, 2.05) is 24.0 Å². The molecule has 0 bridgehead atoms. The van der Waals surface area contributed by atoms with Gasteiger partial charge in [-0.3, -0.25) is 4.79 Å². The van der Waals surface area contributed by atoms with Crippen LogP contribution in [0, 0.1) is 12.8 Å². The maximum Gasteiger partial charge on any atom is 0.226 e. The number of hydrogen-bond acceptors (Lipinski definition) is 5. The van der Waals surface area contributed by atoms with Crippen molar-refractivity contribution in [2.75, 3.05) is 31.1 Å². The molecular formula is C17H21N3O2S. The highest BCUT2D eigenvalue weighted by atomic mass is 32.1. The van der Waals surface area contributed by atoms with Crippen molar-refractivity contribution in [1.29, 1.82) is 0 Å². The molecule has 1 saturated carbocycles. The van der Waals surface area contributed by atoms with Gasteiger partial charge in [-0.15, -0.1) is 11.3 Å². The fourth-order valence-electron chi connectivity index (χ4n) is 3.34. The lowest BCUT2D eigenvalue weighted by atomic mass is 10.2. The van der Waals surface area contributed by atoms with Crippen molar-refractivity contribution < 1.29 is 9.21 Å². The van der Waals surface area contributed by atoms with Crippen LogP contribution in [0.15, 0.2) is 28.2 Å². The first-order valence-electron chi connectivity index (χ1n) is 8.21. The predicted octanol–water partition coefficient (Wildman–Crippen LogP) is 2.89. The summed E-state index contributed by atoms with van der Waals surface area (Å²) in [7, 11) is 0. The van der Waals surface area contributed by atoms with E-state index in [9.17, 15) is 4.79 Å². The van der Waals surface area contributed by atoms with Gasteiger partial charge >= 0.3 is 0 Å². The second-order valence-corrected chi connectivity index (χ2v) is 7.24. The zero-order chi connectivity index (χ0) is 15.8. The minimum Gasteiger partial charge on any atom is -0.469 e. The molecule has 1 aliphatic carbocycles. The van der Waals surface area contributed by atoms with Crippen LogP contribution in [-0.2, 0) is 4.79 Å². The van der Waals surface area contributed by atoms with Crippen molar-refractivity contribution >= 4 is 22.4 Å². The van der Waals surface area contributed by atoms with Gasteiger partial charge < -0.3 is 14.2 Å². The molecule has 122 valence electrons. The molecule has 2 aromatic rings. The van der Waals surface area contributed by atoms with Crippen LogP contribution in [0.2, 0.25) is 0 Å². The number of anilines is 1. The van der Waals surface area contributed by atoms with Crippen LogP contribution >= 0.6 is 11.3 Å². The molecule has 5 nitrogen and oxygen atoms in total. The molecule has 0 spiro atoms. The summed E-state index contributed by atoms with van der Waals surface area (Å²) in [5.74, 6) is 1.66. The summed E-state index contributed by atoms with van der Waals surface area (Å²) in [5.41, 5.74) is 1.07. The van der Waals surface area contributed by atoms with E-state index in [4.69, 9.17) is 4.42 Å². The van der Waals surface area contributed by atoms with E-state index in [0.717, 1.165) is 55.6 Å². The van der Waals surface area contributed by atoms with E-state index in [1.165, 1.54) is 0 Å². The Morgan fingerprint density at radius 2 is 2.26 bits per heavy atom. The third kappa shape index (κ3) is 3.00. The summed E-state index contributed by atoms with van der Waals surface area (Å²) in [6, 6.07) is 3.88. The van der Waals surface area contributed by atoms with Crippen LogP contribution in [0.5, 0.6) is 0 Å². The Morgan fingerprint density at radius 3 is 3.00 bits per heavy atom. The van der Waals surface area contributed by atoms with E-state index in [2.05, 4.69) is 15.3 Å². The second-order valence-electron chi connectivity index (χ2n) is 6.40. The van der Waals surface area contributed by atoms with Crippen LogP contribution in [-0.4, -0.2) is 42.0 Å². The third-order valence-corrected chi connectivity index (χ3v) is 5.72. The SMILES string of the molecule is Cc1csc(N2CCCN(C(=O)[C@@H]3C[C@H]3c3ccco3)CC2)n1. The van der Waals surface area contributed by atoms with Crippen LogP contribution < -0.4 is 4.90 Å². The highest BCUT2D eigenvalue weighted by Crippen LogP contribution is 2.48. The van der Waals surface area contributed by atoms with Crippen molar-refractivity contribution in [3.8, 4) is 0 Å². The van der Waals surface area contributed by atoms with Gasteiger partial charge in [-0.05, 0) is 31.9 Å². The van der Waals surface area contributed by atoms with Crippen LogP contribution in [0.4, 0.5) is 5.13 Å². The van der Waals surface area contributed by atoms with Crippen molar-refractivity contribution in [2.45, 2.75) is 25.7 Å². The Hall–Kier alpha value is -1.82. The van der Waals surface area contributed by atoms with E-state index >= 15 is 0 Å². The number of aromatic nitrogens is 1. The lowest BCUT2D eigenvalue weighted by Crippen LogP contribution is -2.36. The number of hydrogen-bond donors (Lipinski definition) is 0. The fraction of sp³-hybridized carbons (Fsp3) is 0.529. The molecule has 0 radical (unpaired) electrons. The van der Waals surface area contributed by atoms with Crippen molar-refractivity contribution in [1.82, 2.24) is 9.88 Å². The Morgan fingerprint density at radius 1 is 1.35 bits per heavy atom. The van der Waals surface area contributed by atoms with Crippen molar-refractivity contribution in [2.24, 2.45) is 5.92 Å². The first-order chi connectivity index (χ1) is 11.2. The summed E-state index contributed by atoms with van der Waals surface area (Å²) < 4.78 is 5.44. The Balaban J connectivity index is 1.36. The number of rotatable bonds is 3. The van der Waals surface area contributed by atoms with Crippen molar-refractivity contribution in [3.05, 3.63) is 35.2 Å². The van der Waals surface area contributed by atoms with E-state index in [1.54, 1.807) is 17.6 Å². The summed E-state index contributed by atoms with van der Waals surface area (Å²) in [4.78, 5) is 21.6. The molecule has 2 aliphatic rings. The second kappa shape index (κ2) is 6.00. The molecule has 3 heterocycles. The average Bonchev–Trinajstić information content (AvgIpc) is 3.06. The normalized spacial score (nSPS) is 24.6. The average molecular weight is 331 g/mol. The largest absolute Gasteiger partial charge is 0.469 e. The smallest absolute Gasteiger partial charge is 0.226 e. The summed E-state index contributed by atoms with van der Waals surface area (Å²) in [6.07, 6.45) is 3.62. The number of carbonyl (C=O) groups excluding carboxylic acids is 1. The van der Waals surface area contributed by atoms with E-state index < -0.39 is 0 Å². The van der Waals surface area contributed by atoms with Gasteiger partial charge in [0.2, 0.25) is 5.91 Å². The van der Waals surface area contributed by atoms with Gasteiger partial charge in [0.15, 0.2) is 5.13 Å². The highest BCUT2D eigenvalue weighted by molar-refractivity contribution is 7.13. The number of amides is 1. The quantitative estimate of drug-likeness (QED) is 0.868. The minimum atomic E-state index is 0.120. The molecule has 2 atom stereocenters. The summed E-state index contributed by atoms with van der Waals surface area (Å²) in [6.45, 7) is 5.51. The van der Waals surface area contributed by atoms with Gasteiger partial charge in [0, 0.05) is 43.4 Å². The van der Waals surface area contributed by atoms with Crippen LogP contribution in [0.25, 0.3) is 0 Å². The Labute approximate surface area is 139 Å². The molecule has 6 heteroatoms. The minimum absolute atomic E-state index is 0.120. The molecule has 2 fully saturated rings. The zero-order valence-corrected chi connectivity index (χ0v) is 14.1. The molecule has 1 saturated heterocycles. The fourth-order valence-corrected chi connectivity index (χ4v) is 4.19. The monoisotopic (exact) mass is 331 g/mol. The Kier molecular flexibility index (Phi) is 3.85. The van der Waals surface area contributed by atoms with Gasteiger partial charge in [-0.25, -0.2) is 4.98 Å². The zero-order valence-electron chi connectivity index (χ0n) is 13.3. The van der Waals surface area contributed by atoms with E-state index in [-0.39, 0.29) is 5.92 Å². The predicted molar refractivity (Wildman–Crippen MR) is 89.8 cm³/mol. The molecular weight excluding hydrogens is 310 g/mol. The topological polar surface area (TPSA) is 49.6 Å². The number of nitrogens with zero attached hydrogens (tertiary/aromatic N) is 3. The van der Waals surface area contributed by atoms with Crippen LogP contribution in [0.3, 0.4) is 0 Å². The first-order valence-corrected chi connectivity index (χ1v) is 9.09. The first kappa shape index (κ1) is 14.8. The maximum atomic E-state index is 12.7. The number of aryl methyl sites for hydroxylation is 1. The molecule has 23 heavy (non-hydrogen) atoms. The lowest BCUT2D eigenvalue weighted by molar-refractivity contribution is -0.132. The number of furan rings is 1. The molecule has 0 N–H and O–H groups in total. The van der Waals surface area contributed by atoms with E-state index in [0.29, 0.717) is 11.8 Å². The maximum absolute atomic E-state index is 12.7. The molecule has 4 rings (SSSR count). The van der Waals surface area contributed by atoms with Crippen LogP contribution in [0.1, 0.15) is 30.2 Å². The Bertz CT molecular complexity index is 682. The molecule has 1 aliphatic heterocycles. The number of thiazole rings is 1. The summed E-state index contributed by atoms with van der Waals surface area (Å²) in [5, 5.41) is 3.16. The molecule has 1 amide bonds. The van der Waals surface area contributed by atoms with Gasteiger partial charge in [0.25, 0.3) is 0 Å². The summed E-state index contributed by atoms with van der Waals surface area (Å²) >= 11 is 1.69.